The van der Waals surface area contributed by atoms with Crippen LogP contribution in [0.15, 0.2) is 40.9 Å². The van der Waals surface area contributed by atoms with Crippen molar-refractivity contribution in [2.45, 2.75) is 13.3 Å². The van der Waals surface area contributed by atoms with Gasteiger partial charge >= 0.3 is 0 Å². The Labute approximate surface area is 126 Å². The van der Waals surface area contributed by atoms with Gasteiger partial charge in [-0.1, -0.05) is 15.9 Å². The van der Waals surface area contributed by atoms with Crippen LogP contribution >= 0.6 is 15.9 Å². The van der Waals surface area contributed by atoms with Gasteiger partial charge in [-0.15, -0.1) is 0 Å². The average molecular weight is 331 g/mol. The molecule has 2 aromatic carbocycles. The van der Waals surface area contributed by atoms with Crippen molar-refractivity contribution in [3.8, 4) is 0 Å². The molecule has 1 amide bonds. The number of hydrogen-bond acceptors (Lipinski definition) is 2. The molecule has 0 bridgehead atoms. The third-order valence-corrected chi connectivity index (χ3v) is 4.38. The second-order valence-electron chi connectivity index (χ2n) is 4.97. The molecule has 0 saturated carbocycles. The predicted molar refractivity (Wildman–Crippen MR) is 85.5 cm³/mol. The van der Waals surface area contributed by atoms with Gasteiger partial charge in [0.1, 0.15) is 0 Å². The fraction of sp³-hybridized carbons (Fsp3) is 0.188. The lowest BCUT2D eigenvalue weighted by Crippen LogP contribution is -2.12. The zero-order chi connectivity index (χ0) is 14.1. The number of amides is 1. The summed E-state index contributed by atoms with van der Waals surface area (Å²) in [5.74, 6) is -0.0681. The Bertz CT molecular complexity index is 682. The van der Waals surface area contributed by atoms with Crippen molar-refractivity contribution in [1.29, 1.82) is 0 Å². The Hall–Kier alpha value is -1.81. The molecule has 0 fully saturated rings. The lowest BCUT2D eigenvalue weighted by Gasteiger charge is -2.08. The lowest BCUT2D eigenvalue weighted by atomic mass is 10.1. The number of fused-ring (bicyclic) bond motifs is 1. The average Bonchev–Trinajstić information content (AvgIpc) is 2.90. The van der Waals surface area contributed by atoms with Crippen molar-refractivity contribution in [2.75, 3.05) is 17.2 Å². The Morgan fingerprint density at radius 1 is 1.25 bits per heavy atom. The van der Waals surface area contributed by atoms with E-state index >= 15 is 0 Å². The first-order chi connectivity index (χ1) is 9.63. The van der Waals surface area contributed by atoms with Gasteiger partial charge in [-0.25, -0.2) is 0 Å². The zero-order valence-electron chi connectivity index (χ0n) is 11.2. The minimum Gasteiger partial charge on any atom is -0.384 e. The highest BCUT2D eigenvalue weighted by Gasteiger charge is 2.13. The molecule has 1 aliphatic rings. The molecule has 2 N–H and O–H groups in total. The van der Waals surface area contributed by atoms with Crippen LogP contribution in [0.25, 0.3) is 0 Å². The zero-order valence-corrected chi connectivity index (χ0v) is 12.8. The van der Waals surface area contributed by atoms with E-state index in [0.29, 0.717) is 5.56 Å². The van der Waals surface area contributed by atoms with Crippen LogP contribution in [0.3, 0.4) is 0 Å². The largest absolute Gasteiger partial charge is 0.384 e. The molecule has 2 aromatic rings. The van der Waals surface area contributed by atoms with E-state index in [2.05, 4.69) is 26.6 Å². The van der Waals surface area contributed by atoms with E-state index in [1.807, 2.05) is 43.3 Å². The van der Waals surface area contributed by atoms with Crippen LogP contribution in [0.5, 0.6) is 0 Å². The smallest absolute Gasteiger partial charge is 0.255 e. The summed E-state index contributed by atoms with van der Waals surface area (Å²) in [5.41, 5.74) is 4.97. The molecule has 3 nitrogen and oxygen atoms in total. The standard InChI is InChI=1S/C16H15BrN2O/c1-10-8-13(3-4-14(10)17)19-16(20)12-2-5-15-11(9-12)6-7-18-15/h2-5,8-9,18H,6-7H2,1H3,(H,19,20). The van der Waals surface area contributed by atoms with E-state index in [4.69, 9.17) is 0 Å². The Kier molecular flexibility index (Phi) is 3.49. The molecule has 0 spiro atoms. The van der Waals surface area contributed by atoms with Crippen molar-refractivity contribution in [2.24, 2.45) is 0 Å². The maximum Gasteiger partial charge on any atom is 0.255 e. The van der Waals surface area contributed by atoms with Gasteiger partial charge in [-0.05, 0) is 60.9 Å². The monoisotopic (exact) mass is 330 g/mol. The topological polar surface area (TPSA) is 41.1 Å². The predicted octanol–water partition coefficient (Wildman–Crippen LogP) is 3.98. The first-order valence-electron chi connectivity index (χ1n) is 6.58. The van der Waals surface area contributed by atoms with E-state index in [1.165, 1.54) is 5.56 Å². The van der Waals surface area contributed by atoms with Gasteiger partial charge in [0, 0.05) is 28.0 Å². The molecule has 102 valence electrons. The first kappa shape index (κ1) is 13.2. The van der Waals surface area contributed by atoms with Crippen LogP contribution in [0.4, 0.5) is 11.4 Å². The van der Waals surface area contributed by atoms with E-state index in [1.54, 1.807) is 0 Å². The summed E-state index contributed by atoms with van der Waals surface area (Å²) in [7, 11) is 0. The van der Waals surface area contributed by atoms with E-state index in [9.17, 15) is 4.79 Å². The van der Waals surface area contributed by atoms with Crippen molar-refractivity contribution in [1.82, 2.24) is 0 Å². The fourth-order valence-electron chi connectivity index (χ4n) is 2.37. The molecule has 0 aliphatic carbocycles. The minimum atomic E-state index is -0.0681. The number of carbonyl (C=O) groups excluding carboxylic acids is 1. The summed E-state index contributed by atoms with van der Waals surface area (Å²) in [6.07, 6.45) is 0.980. The number of aryl methyl sites for hydroxylation is 1. The van der Waals surface area contributed by atoms with Crippen LogP contribution in [0.2, 0.25) is 0 Å². The number of carbonyl (C=O) groups is 1. The molecule has 1 aliphatic heterocycles. The fourth-order valence-corrected chi connectivity index (χ4v) is 2.62. The Morgan fingerprint density at radius 2 is 2.10 bits per heavy atom. The van der Waals surface area contributed by atoms with E-state index in [0.717, 1.165) is 34.4 Å². The molecule has 4 heteroatoms. The van der Waals surface area contributed by atoms with Crippen LogP contribution in [-0.2, 0) is 6.42 Å². The molecule has 20 heavy (non-hydrogen) atoms. The number of halogens is 1. The Morgan fingerprint density at radius 3 is 2.90 bits per heavy atom. The molecular weight excluding hydrogens is 316 g/mol. The minimum absolute atomic E-state index is 0.0681. The number of hydrogen-bond donors (Lipinski definition) is 2. The lowest BCUT2D eigenvalue weighted by molar-refractivity contribution is 0.102. The highest BCUT2D eigenvalue weighted by molar-refractivity contribution is 9.10. The third kappa shape index (κ3) is 2.56. The number of anilines is 2. The molecule has 3 rings (SSSR count). The number of nitrogens with one attached hydrogen (secondary N) is 2. The van der Waals surface area contributed by atoms with Gasteiger partial charge in [0.05, 0.1) is 0 Å². The van der Waals surface area contributed by atoms with Crippen molar-refractivity contribution < 1.29 is 4.79 Å². The van der Waals surface area contributed by atoms with Crippen LogP contribution < -0.4 is 10.6 Å². The summed E-state index contributed by atoms with van der Waals surface area (Å²) in [4.78, 5) is 12.3. The molecule has 0 aromatic heterocycles. The number of rotatable bonds is 2. The van der Waals surface area contributed by atoms with Crippen LogP contribution in [-0.4, -0.2) is 12.5 Å². The second kappa shape index (κ2) is 5.29. The van der Waals surface area contributed by atoms with Crippen LogP contribution in [0.1, 0.15) is 21.5 Å². The highest BCUT2D eigenvalue weighted by atomic mass is 79.9. The second-order valence-corrected chi connectivity index (χ2v) is 5.82. The maximum atomic E-state index is 12.3. The SMILES string of the molecule is Cc1cc(NC(=O)c2ccc3c(c2)CCN3)ccc1Br. The van der Waals surface area contributed by atoms with E-state index < -0.39 is 0 Å². The summed E-state index contributed by atoms with van der Waals surface area (Å²) >= 11 is 3.45. The molecule has 0 unspecified atom stereocenters. The normalized spacial score (nSPS) is 12.7. The van der Waals surface area contributed by atoms with Gasteiger partial charge in [0.25, 0.3) is 5.91 Å². The number of benzene rings is 2. The van der Waals surface area contributed by atoms with Crippen molar-refractivity contribution in [3.63, 3.8) is 0 Å². The molecule has 0 saturated heterocycles. The summed E-state index contributed by atoms with van der Waals surface area (Å²) in [6.45, 7) is 2.95. The van der Waals surface area contributed by atoms with Crippen molar-refractivity contribution >= 4 is 33.2 Å². The highest BCUT2D eigenvalue weighted by Crippen LogP contribution is 2.24. The van der Waals surface area contributed by atoms with Gasteiger partial charge in [0.2, 0.25) is 0 Å². The Balaban J connectivity index is 1.80. The first-order valence-corrected chi connectivity index (χ1v) is 7.37. The third-order valence-electron chi connectivity index (χ3n) is 3.49. The van der Waals surface area contributed by atoms with Gasteiger partial charge < -0.3 is 10.6 Å². The van der Waals surface area contributed by atoms with Gasteiger partial charge in [-0.3, -0.25) is 4.79 Å². The molecule has 0 atom stereocenters. The summed E-state index contributed by atoms with van der Waals surface area (Å²) in [6, 6.07) is 11.6. The molecular formula is C16H15BrN2O. The maximum absolute atomic E-state index is 12.3. The van der Waals surface area contributed by atoms with Gasteiger partial charge in [0.15, 0.2) is 0 Å². The van der Waals surface area contributed by atoms with E-state index in [-0.39, 0.29) is 5.91 Å². The summed E-state index contributed by atoms with van der Waals surface area (Å²) < 4.78 is 1.04. The van der Waals surface area contributed by atoms with Crippen LogP contribution in [0, 0.1) is 6.92 Å². The molecule has 0 radical (unpaired) electrons. The quantitative estimate of drug-likeness (QED) is 0.874. The van der Waals surface area contributed by atoms with Crippen molar-refractivity contribution in [3.05, 3.63) is 57.6 Å². The van der Waals surface area contributed by atoms with Gasteiger partial charge in [-0.2, -0.15) is 0 Å². The summed E-state index contributed by atoms with van der Waals surface area (Å²) in [5, 5.41) is 6.23. The molecule has 1 heterocycles.